The van der Waals surface area contributed by atoms with Crippen LogP contribution in [0.1, 0.15) is 36.1 Å². The summed E-state index contributed by atoms with van der Waals surface area (Å²) in [7, 11) is 1.74. The van der Waals surface area contributed by atoms with E-state index in [1.54, 1.807) is 18.0 Å². The molecule has 162 valence electrons. The number of fused-ring (bicyclic) bond motifs is 1. The van der Waals surface area contributed by atoms with Crippen LogP contribution in [0.2, 0.25) is 5.02 Å². The number of hydrogen-bond donors (Lipinski definition) is 2. The number of carbonyl (C=O) groups excluding carboxylic acids is 1. The molecule has 2 aromatic rings. The molecule has 1 aromatic heterocycles. The van der Waals surface area contributed by atoms with Gasteiger partial charge in [-0.25, -0.2) is 8.78 Å². The first-order valence-corrected chi connectivity index (χ1v) is 10.2. The van der Waals surface area contributed by atoms with E-state index in [9.17, 15) is 14.3 Å². The molecule has 5 nitrogen and oxygen atoms in total. The number of likely N-dealkylation sites (N-methyl/N-ethyl adjacent to an activating group) is 1. The van der Waals surface area contributed by atoms with Crippen LogP contribution in [0.15, 0.2) is 36.5 Å². The number of nitrogens with zero attached hydrogens (tertiary/aromatic N) is 2. The Hall–Kier alpha value is -1.93. The Morgan fingerprint density at radius 2 is 2.10 bits per heavy atom. The maximum absolute atomic E-state index is 16.0. The maximum atomic E-state index is 16.0. The van der Waals surface area contributed by atoms with Crippen molar-refractivity contribution in [1.29, 1.82) is 0 Å². The molecule has 1 aliphatic carbocycles. The Labute approximate surface area is 179 Å². The Balaban J connectivity index is 1.83. The van der Waals surface area contributed by atoms with Crippen LogP contribution in [0.4, 0.5) is 8.78 Å². The van der Waals surface area contributed by atoms with Crippen LogP contribution in [0.3, 0.4) is 0 Å². The van der Waals surface area contributed by atoms with Crippen molar-refractivity contribution >= 4 is 17.4 Å². The number of Topliss-reactive ketones (excluding diaryl/α,β-unsaturated/α-hetero) is 1. The molecule has 1 heterocycles. The van der Waals surface area contributed by atoms with Crippen LogP contribution in [-0.4, -0.2) is 52.6 Å². The second kappa shape index (κ2) is 9.06. The second-order valence-corrected chi connectivity index (χ2v) is 8.26. The Morgan fingerprint density at radius 3 is 2.80 bits per heavy atom. The number of halogens is 3. The van der Waals surface area contributed by atoms with Crippen LogP contribution in [0.5, 0.6) is 0 Å². The summed E-state index contributed by atoms with van der Waals surface area (Å²) in [6.07, 6.45) is 1.38. The van der Waals surface area contributed by atoms with Gasteiger partial charge in [-0.05, 0) is 50.1 Å². The van der Waals surface area contributed by atoms with Crippen LogP contribution in [0.25, 0.3) is 0 Å². The van der Waals surface area contributed by atoms with Crippen LogP contribution in [0, 0.1) is 5.82 Å². The summed E-state index contributed by atoms with van der Waals surface area (Å²) < 4.78 is 29.2. The molecule has 0 bridgehead atoms. The molecule has 0 amide bonds. The molecule has 0 aliphatic heterocycles. The lowest BCUT2D eigenvalue weighted by molar-refractivity contribution is -0.135. The van der Waals surface area contributed by atoms with Crippen molar-refractivity contribution in [3.63, 3.8) is 0 Å². The predicted molar refractivity (Wildman–Crippen MR) is 109 cm³/mol. The molecule has 1 aromatic carbocycles. The molecule has 0 saturated carbocycles. The van der Waals surface area contributed by atoms with Crippen LogP contribution < -0.4 is 0 Å². The lowest BCUT2D eigenvalue weighted by Crippen LogP contribution is -2.48. The summed E-state index contributed by atoms with van der Waals surface area (Å²) in [6.45, 7) is 0.439. The van der Waals surface area contributed by atoms with E-state index < -0.39 is 22.9 Å². The molecule has 0 spiro atoms. The zero-order valence-electron chi connectivity index (χ0n) is 16.7. The summed E-state index contributed by atoms with van der Waals surface area (Å²) in [5.41, 5.74) is -2.89. The quantitative estimate of drug-likeness (QED) is 0.662. The number of hydrogen-bond acceptors (Lipinski definition) is 5. The highest BCUT2D eigenvalue weighted by molar-refractivity contribution is 6.31. The fourth-order valence-electron chi connectivity index (χ4n) is 4.04. The minimum atomic E-state index is -2.27. The summed E-state index contributed by atoms with van der Waals surface area (Å²) in [4.78, 5) is 18.9. The molecule has 0 radical (unpaired) electrons. The molecule has 2 atom stereocenters. The molecular weight excluding hydrogens is 414 g/mol. The minimum Gasteiger partial charge on any atom is -0.395 e. The zero-order valence-corrected chi connectivity index (χ0v) is 17.5. The smallest absolute Gasteiger partial charge is 0.195 e. The standard InChI is InChI=1S/C22H25ClF2N2O3/c1-27(11-12-28)14-21(30)8-9-22(25,17-3-2-10-26-20(17)21)19(29)7-5-15-4-6-16(24)13-18(15)23/h2-4,6,10,13,28,30H,5,7-9,11-12,14H2,1H3/t21-,22+/m1/s1. The van der Waals surface area contributed by atoms with Crippen LogP contribution in [-0.2, 0) is 22.5 Å². The van der Waals surface area contributed by atoms with Gasteiger partial charge in [-0.3, -0.25) is 9.78 Å². The van der Waals surface area contributed by atoms with Gasteiger partial charge < -0.3 is 15.1 Å². The molecule has 0 saturated heterocycles. The summed E-state index contributed by atoms with van der Waals surface area (Å²) in [6, 6.07) is 6.93. The number of ketones is 1. The Kier molecular flexibility index (Phi) is 6.87. The van der Waals surface area contributed by atoms with Gasteiger partial charge in [0.05, 0.1) is 12.3 Å². The van der Waals surface area contributed by atoms with E-state index in [4.69, 9.17) is 16.7 Å². The molecule has 30 heavy (non-hydrogen) atoms. The molecule has 0 fully saturated rings. The number of aryl methyl sites for hydroxylation is 1. The largest absolute Gasteiger partial charge is 0.395 e. The first-order chi connectivity index (χ1) is 14.2. The van der Waals surface area contributed by atoms with Gasteiger partial charge in [0, 0.05) is 36.3 Å². The van der Waals surface area contributed by atoms with Crippen LogP contribution >= 0.6 is 11.6 Å². The van der Waals surface area contributed by atoms with E-state index in [1.165, 1.54) is 24.4 Å². The third kappa shape index (κ3) is 4.54. The number of aliphatic hydroxyl groups excluding tert-OH is 1. The second-order valence-electron chi connectivity index (χ2n) is 7.85. The van der Waals surface area contributed by atoms with Gasteiger partial charge in [0.1, 0.15) is 11.4 Å². The number of pyridine rings is 1. The van der Waals surface area contributed by atoms with Crippen molar-refractivity contribution in [1.82, 2.24) is 9.88 Å². The number of benzene rings is 1. The third-order valence-electron chi connectivity index (χ3n) is 5.65. The zero-order chi connectivity index (χ0) is 21.9. The van der Waals surface area contributed by atoms with Gasteiger partial charge in [-0.15, -0.1) is 0 Å². The number of carbonyl (C=O) groups is 1. The molecule has 0 unspecified atom stereocenters. The van der Waals surface area contributed by atoms with Crippen molar-refractivity contribution in [2.75, 3.05) is 26.7 Å². The average Bonchev–Trinajstić information content (AvgIpc) is 2.70. The number of alkyl halides is 1. The summed E-state index contributed by atoms with van der Waals surface area (Å²) in [5.74, 6) is -1.10. The van der Waals surface area contributed by atoms with Gasteiger partial charge in [0.15, 0.2) is 11.5 Å². The van der Waals surface area contributed by atoms with E-state index >= 15 is 4.39 Å². The molecule has 3 rings (SSSR count). The molecule has 2 N–H and O–H groups in total. The van der Waals surface area contributed by atoms with Crippen molar-refractivity contribution in [2.24, 2.45) is 0 Å². The van der Waals surface area contributed by atoms with E-state index in [-0.39, 0.29) is 55.1 Å². The van der Waals surface area contributed by atoms with Gasteiger partial charge in [-0.1, -0.05) is 23.7 Å². The average molecular weight is 439 g/mol. The minimum absolute atomic E-state index is 0.0202. The lowest BCUT2D eigenvalue weighted by atomic mass is 9.72. The monoisotopic (exact) mass is 438 g/mol. The number of rotatable bonds is 8. The SMILES string of the molecule is CN(CCO)C[C@]1(O)CC[C@@](F)(C(=O)CCc2ccc(F)cc2Cl)c2cccnc21. The number of aliphatic hydroxyl groups is 2. The molecule has 1 aliphatic rings. The molecular formula is C22H25ClF2N2O3. The highest BCUT2D eigenvalue weighted by atomic mass is 35.5. The first-order valence-electron chi connectivity index (χ1n) is 9.83. The van der Waals surface area contributed by atoms with E-state index in [0.29, 0.717) is 12.1 Å². The van der Waals surface area contributed by atoms with E-state index in [2.05, 4.69) is 4.98 Å². The molecule has 8 heteroatoms. The summed E-state index contributed by atoms with van der Waals surface area (Å²) >= 11 is 6.02. The maximum Gasteiger partial charge on any atom is 0.195 e. The Morgan fingerprint density at radius 1 is 1.33 bits per heavy atom. The van der Waals surface area contributed by atoms with Gasteiger partial charge in [0.25, 0.3) is 0 Å². The van der Waals surface area contributed by atoms with Gasteiger partial charge >= 0.3 is 0 Å². The van der Waals surface area contributed by atoms with Gasteiger partial charge in [-0.2, -0.15) is 0 Å². The number of aromatic nitrogens is 1. The van der Waals surface area contributed by atoms with Gasteiger partial charge in [0.2, 0.25) is 0 Å². The van der Waals surface area contributed by atoms with E-state index in [0.717, 1.165) is 6.07 Å². The highest BCUT2D eigenvalue weighted by Crippen LogP contribution is 2.46. The summed E-state index contributed by atoms with van der Waals surface area (Å²) in [5, 5.41) is 20.5. The van der Waals surface area contributed by atoms with Crippen molar-refractivity contribution in [2.45, 2.75) is 37.0 Å². The van der Waals surface area contributed by atoms with Crippen molar-refractivity contribution in [3.05, 3.63) is 64.2 Å². The topological polar surface area (TPSA) is 73.7 Å². The first kappa shape index (κ1) is 22.7. The lowest BCUT2D eigenvalue weighted by Gasteiger charge is -2.41. The fraction of sp³-hybridized carbons (Fsp3) is 0.455. The highest BCUT2D eigenvalue weighted by Gasteiger charge is 2.51. The third-order valence-corrected chi connectivity index (χ3v) is 6.00. The fourth-order valence-corrected chi connectivity index (χ4v) is 4.30. The normalized spacial score (nSPS) is 23.4. The van der Waals surface area contributed by atoms with Crippen molar-refractivity contribution < 1.29 is 23.8 Å². The Bertz CT molecular complexity index is 929. The van der Waals surface area contributed by atoms with Crippen molar-refractivity contribution in [3.8, 4) is 0 Å². The van der Waals surface area contributed by atoms with E-state index in [1.807, 2.05) is 0 Å². The predicted octanol–water partition coefficient (Wildman–Crippen LogP) is 3.15.